The van der Waals surface area contributed by atoms with Gasteiger partial charge in [0.15, 0.2) is 0 Å². The first-order valence-electron chi connectivity index (χ1n) is 11.7. The number of anilines is 1. The molecule has 1 heterocycles. The average Bonchev–Trinajstić information content (AvgIpc) is 2.74. The summed E-state index contributed by atoms with van der Waals surface area (Å²) in [7, 11) is 0. The number of carbonyl (C=O) groups excluding carboxylic acids is 1. The van der Waals surface area contributed by atoms with Crippen LogP contribution in [0.5, 0.6) is 0 Å². The molecule has 1 saturated carbocycles. The summed E-state index contributed by atoms with van der Waals surface area (Å²) in [5, 5.41) is 6.93. The lowest BCUT2D eigenvalue weighted by Gasteiger charge is -2.38. The Kier molecular flexibility index (Phi) is 8.07. The van der Waals surface area contributed by atoms with Crippen LogP contribution in [0.25, 0.3) is 0 Å². The van der Waals surface area contributed by atoms with Gasteiger partial charge in [-0.15, -0.1) is 0 Å². The van der Waals surface area contributed by atoms with Crippen molar-refractivity contribution in [2.24, 2.45) is 5.73 Å². The molecular formula is C26H37ClN4O. The zero-order valence-electron chi connectivity index (χ0n) is 19.9. The third kappa shape index (κ3) is 5.38. The fraction of sp³-hybridized carbons (Fsp3) is 0.500. The Balaban J connectivity index is 1.87. The molecule has 6 heteroatoms. The lowest BCUT2D eigenvalue weighted by Crippen LogP contribution is -2.41. The van der Waals surface area contributed by atoms with Crippen molar-refractivity contribution in [1.82, 2.24) is 10.6 Å². The van der Waals surface area contributed by atoms with Gasteiger partial charge in [-0.3, -0.25) is 4.79 Å². The first-order chi connectivity index (χ1) is 15.2. The van der Waals surface area contributed by atoms with Crippen LogP contribution < -0.4 is 21.3 Å². The average molecular weight is 457 g/mol. The number of hydrogen-bond acceptors (Lipinski definition) is 4. The molecule has 1 aromatic rings. The molecule has 1 aliphatic heterocycles. The molecular weight excluding hydrogens is 420 g/mol. The molecule has 174 valence electrons. The van der Waals surface area contributed by atoms with E-state index in [9.17, 15) is 4.79 Å². The second kappa shape index (κ2) is 10.6. The van der Waals surface area contributed by atoms with Crippen molar-refractivity contribution in [2.75, 3.05) is 18.0 Å². The Hall–Kier alpha value is -2.24. The van der Waals surface area contributed by atoms with Crippen molar-refractivity contribution >= 4 is 23.2 Å². The van der Waals surface area contributed by atoms with E-state index in [4.69, 9.17) is 17.3 Å². The molecule has 2 aliphatic rings. The van der Waals surface area contributed by atoms with E-state index in [-0.39, 0.29) is 5.91 Å². The van der Waals surface area contributed by atoms with Crippen LogP contribution in [0.4, 0.5) is 5.69 Å². The minimum Gasteiger partial charge on any atom is -0.369 e. The normalized spacial score (nSPS) is 21.2. The Morgan fingerprint density at radius 1 is 1.25 bits per heavy atom. The van der Waals surface area contributed by atoms with Crippen molar-refractivity contribution in [2.45, 2.75) is 71.9 Å². The first kappa shape index (κ1) is 24.4. The quantitative estimate of drug-likeness (QED) is 0.536. The van der Waals surface area contributed by atoms with Gasteiger partial charge in [0.2, 0.25) is 0 Å². The molecule has 1 aliphatic carbocycles. The number of rotatable bonds is 7. The number of dihydropyridines is 1. The molecule has 0 bridgehead atoms. The van der Waals surface area contributed by atoms with Gasteiger partial charge in [-0.2, -0.15) is 0 Å². The molecule has 1 amide bonds. The van der Waals surface area contributed by atoms with E-state index < -0.39 is 0 Å². The molecule has 0 unspecified atom stereocenters. The monoisotopic (exact) mass is 456 g/mol. The number of carbonyl (C=O) groups is 1. The molecule has 3 rings (SSSR count). The first-order valence-corrected chi connectivity index (χ1v) is 12.1. The molecule has 0 aromatic heterocycles. The minimum absolute atomic E-state index is 0.105. The van der Waals surface area contributed by atoms with Crippen LogP contribution in [0.15, 0.2) is 47.3 Å². The van der Waals surface area contributed by atoms with Crippen LogP contribution in [-0.2, 0) is 6.42 Å². The Bertz CT molecular complexity index is 941. The van der Waals surface area contributed by atoms with Crippen molar-refractivity contribution < 1.29 is 4.79 Å². The zero-order valence-corrected chi connectivity index (χ0v) is 20.6. The molecule has 0 radical (unpaired) electrons. The summed E-state index contributed by atoms with van der Waals surface area (Å²) in [6.07, 6.45) is 7.05. The lowest BCUT2D eigenvalue weighted by atomic mass is 9.89. The van der Waals surface area contributed by atoms with Gasteiger partial charge in [0, 0.05) is 52.8 Å². The highest BCUT2D eigenvalue weighted by molar-refractivity contribution is 6.31. The summed E-state index contributed by atoms with van der Waals surface area (Å²) in [6, 6.07) is 4.54. The number of amides is 1. The molecule has 1 fully saturated rings. The summed E-state index contributed by atoms with van der Waals surface area (Å²) < 4.78 is 0. The number of hydrogen-bond donors (Lipinski definition) is 3. The highest BCUT2D eigenvalue weighted by atomic mass is 35.5. The van der Waals surface area contributed by atoms with Gasteiger partial charge in [0.05, 0.1) is 0 Å². The standard InChI is InChI=1S/C26H37ClN4O/c1-6-22-23(26(32)29-15-24-16(3)12-17(4)30-18(24)5)13-19(27)14-25(22)31(7-2)21-10-8-20(28)9-11-21/h12-14,20-21,30H,5-11,15,28H2,1-4H3,(H,29,32). The van der Waals surface area contributed by atoms with Crippen LogP contribution >= 0.6 is 11.6 Å². The Morgan fingerprint density at radius 2 is 1.94 bits per heavy atom. The highest BCUT2D eigenvalue weighted by Crippen LogP contribution is 2.34. The second-order valence-electron chi connectivity index (χ2n) is 8.93. The Labute approximate surface area is 197 Å². The van der Waals surface area contributed by atoms with E-state index in [1.807, 2.05) is 19.9 Å². The van der Waals surface area contributed by atoms with Crippen molar-refractivity contribution in [3.63, 3.8) is 0 Å². The fourth-order valence-electron chi connectivity index (χ4n) is 5.00. The van der Waals surface area contributed by atoms with Gasteiger partial charge in [-0.1, -0.05) is 25.1 Å². The van der Waals surface area contributed by atoms with E-state index in [2.05, 4.69) is 42.0 Å². The van der Waals surface area contributed by atoms with Gasteiger partial charge in [0.1, 0.15) is 0 Å². The van der Waals surface area contributed by atoms with Crippen LogP contribution in [0.2, 0.25) is 5.02 Å². The SMILES string of the molecule is C=C1NC(C)=CC(C)=C1CNC(=O)c1cc(Cl)cc(N(CC)C2CCC(N)CC2)c1CC. The van der Waals surface area contributed by atoms with Crippen LogP contribution in [-0.4, -0.2) is 31.1 Å². The fourth-order valence-corrected chi connectivity index (χ4v) is 5.21. The number of benzene rings is 1. The van der Waals surface area contributed by atoms with Crippen molar-refractivity contribution in [1.29, 1.82) is 0 Å². The summed E-state index contributed by atoms with van der Waals surface area (Å²) in [5.41, 5.74) is 12.9. The third-order valence-corrected chi connectivity index (χ3v) is 6.89. The van der Waals surface area contributed by atoms with Gasteiger partial charge >= 0.3 is 0 Å². The van der Waals surface area contributed by atoms with Crippen LogP contribution in [0.1, 0.15) is 69.3 Å². The van der Waals surface area contributed by atoms with E-state index in [0.717, 1.165) is 72.4 Å². The number of nitrogens with one attached hydrogen (secondary N) is 2. The van der Waals surface area contributed by atoms with Crippen LogP contribution in [0.3, 0.4) is 0 Å². The summed E-state index contributed by atoms with van der Waals surface area (Å²) >= 11 is 6.53. The second-order valence-corrected chi connectivity index (χ2v) is 9.37. The molecule has 0 atom stereocenters. The van der Waals surface area contributed by atoms with Crippen LogP contribution in [0, 0.1) is 0 Å². The Morgan fingerprint density at radius 3 is 2.53 bits per heavy atom. The molecule has 0 spiro atoms. The zero-order chi connectivity index (χ0) is 23.4. The summed E-state index contributed by atoms with van der Waals surface area (Å²) in [6.45, 7) is 13.7. The number of nitrogens with two attached hydrogens (primary N) is 1. The lowest BCUT2D eigenvalue weighted by molar-refractivity contribution is 0.0956. The summed E-state index contributed by atoms with van der Waals surface area (Å²) in [4.78, 5) is 15.7. The van der Waals surface area contributed by atoms with E-state index >= 15 is 0 Å². The third-order valence-electron chi connectivity index (χ3n) is 6.67. The predicted molar refractivity (Wildman–Crippen MR) is 135 cm³/mol. The largest absolute Gasteiger partial charge is 0.369 e. The predicted octanol–water partition coefficient (Wildman–Crippen LogP) is 5.07. The smallest absolute Gasteiger partial charge is 0.251 e. The van der Waals surface area contributed by atoms with Gasteiger partial charge in [0.25, 0.3) is 5.91 Å². The molecule has 4 N–H and O–H groups in total. The van der Waals surface area contributed by atoms with E-state index in [1.54, 1.807) is 6.07 Å². The number of halogens is 1. The maximum absolute atomic E-state index is 13.3. The molecule has 32 heavy (non-hydrogen) atoms. The number of allylic oxidation sites excluding steroid dienone is 3. The maximum Gasteiger partial charge on any atom is 0.251 e. The van der Waals surface area contributed by atoms with Gasteiger partial charge < -0.3 is 21.3 Å². The van der Waals surface area contributed by atoms with Gasteiger partial charge in [-0.05, 0) is 87.8 Å². The molecule has 5 nitrogen and oxygen atoms in total. The highest BCUT2D eigenvalue weighted by Gasteiger charge is 2.27. The van der Waals surface area contributed by atoms with Crippen molar-refractivity contribution in [3.05, 3.63) is 63.5 Å². The topological polar surface area (TPSA) is 70.4 Å². The molecule has 1 aromatic carbocycles. The number of nitrogens with zero attached hydrogens (tertiary/aromatic N) is 1. The van der Waals surface area contributed by atoms with Crippen molar-refractivity contribution in [3.8, 4) is 0 Å². The summed E-state index contributed by atoms with van der Waals surface area (Å²) in [5.74, 6) is -0.105. The van der Waals surface area contributed by atoms with Gasteiger partial charge in [-0.25, -0.2) is 0 Å². The van der Waals surface area contributed by atoms with E-state index in [0.29, 0.717) is 29.2 Å². The van der Waals surface area contributed by atoms with E-state index in [1.165, 1.54) is 0 Å². The molecule has 0 saturated heterocycles. The minimum atomic E-state index is -0.105. The maximum atomic E-state index is 13.3.